The van der Waals surface area contributed by atoms with Crippen LogP contribution in [0, 0.1) is 13.8 Å². The van der Waals surface area contributed by atoms with E-state index in [4.69, 9.17) is 9.47 Å². The van der Waals surface area contributed by atoms with Crippen LogP contribution in [0.15, 0.2) is 66.7 Å². The minimum atomic E-state index is -0.621. The van der Waals surface area contributed by atoms with Crippen molar-refractivity contribution in [2.45, 2.75) is 20.0 Å². The zero-order chi connectivity index (χ0) is 19.2. The van der Waals surface area contributed by atoms with Crippen LogP contribution in [0.25, 0.3) is 0 Å². The fourth-order valence-corrected chi connectivity index (χ4v) is 2.67. The Labute approximate surface area is 160 Å². The van der Waals surface area contributed by atoms with Crippen molar-refractivity contribution in [3.63, 3.8) is 0 Å². The van der Waals surface area contributed by atoms with Crippen molar-refractivity contribution in [2.75, 3.05) is 13.6 Å². The van der Waals surface area contributed by atoms with Gasteiger partial charge < -0.3 is 19.9 Å². The summed E-state index contributed by atoms with van der Waals surface area (Å²) in [5.74, 6) is 2.61. The largest absolute Gasteiger partial charge is 0.453 e. The standard InChI is InChI=1S/C23H25NO3/c1-16-4-9-19(10-5-16)26-22-13-8-18(21(25)15-24-3)14-23(22)27-20-11-6-17(2)7-12-20/h4-14,21,24-25H,15H2,1-3H3. The monoisotopic (exact) mass is 363 g/mol. The molecule has 27 heavy (non-hydrogen) atoms. The second kappa shape index (κ2) is 8.71. The van der Waals surface area contributed by atoms with Crippen LogP contribution in [0.5, 0.6) is 23.0 Å². The van der Waals surface area contributed by atoms with Crippen molar-refractivity contribution >= 4 is 0 Å². The van der Waals surface area contributed by atoms with E-state index in [-0.39, 0.29) is 0 Å². The molecule has 0 spiro atoms. The Hall–Kier alpha value is -2.82. The van der Waals surface area contributed by atoms with Crippen LogP contribution in [0.3, 0.4) is 0 Å². The number of aliphatic hydroxyl groups excluding tert-OH is 1. The second-order valence-electron chi connectivity index (χ2n) is 6.61. The predicted molar refractivity (Wildman–Crippen MR) is 108 cm³/mol. The molecule has 0 amide bonds. The molecule has 0 heterocycles. The quantitative estimate of drug-likeness (QED) is 0.610. The smallest absolute Gasteiger partial charge is 0.170 e. The van der Waals surface area contributed by atoms with Crippen molar-refractivity contribution in [2.24, 2.45) is 0 Å². The molecule has 0 aliphatic carbocycles. The topological polar surface area (TPSA) is 50.7 Å². The Bertz CT molecular complexity index is 873. The highest BCUT2D eigenvalue weighted by molar-refractivity contribution is 5.48. The molecule has 0 aliphatic rings. The molecule has 140 valence electrons. The summed E-state index contributed by atoms with van der Waals surface area (Å²) in [6, 6.07) is 21.2. The number of hydrogen-bond acceptors (Lipinski definition) is 4. The van der Waals surface area contributed by atoms with Gasteiger partial charge in [-0.3, -0.25) is 0 Å². The summed E-state index contributed by atoms with van der Waals surface area (Å²) in [6.07, 6.45) is -0.621. The maximum atomic E-state index is 10.3. The molecule has 3 aromatic rings. The summed E-state index contributed by atoms with van der Waals surface area (Å²) < 4.78 is 12.1. The number of ether oxygens (including phenoxy) is 2. The SMILES string of the molecule is CNCC(O)c1ccc(Oc2ccc(C)cc2)c(Oc2ccc(C)cc2)c1. The van der Waals surface area contributed by atoms with E-state index < -0.39 is 6.10 Å². The molecular formula is C23H25NO3. The van der Waals surface area contributed by atoms with Crippen LogP contribution in [0.1, 0.15) is 22.8 Å². The maximum Gasteiger partial charge on any atom is 0.170 e. The first-order chi connectivity index (χ1) is 13.0. The highest BCUT2D eigenvalue weighted by Crippen LogP contribution is 2.37. The number of aliphatic hydroxyl groups is 1. The molecule has 4 heteroatoms. The lowest BCUT2D eigenvalue weighted by Gasteiger charge is -2.16. The summed E-state index contributed by atoms with van der Waals surface area (Å²) in [7, 11) is 1.81. The van der Waals surface area contributed by atoms with Crippen LogP contribution >= 0.6 is 0 Å². The van der Waals surface area contributed by atoms with Gasteiger partial charge in [0.15, 0.2) is 11.5 Å². The molecule has 0 aliphatic heterocycles. The van der Waals surface area contributed by atoms with Gasteiger partial charge in [0.1, 0.15) is 11.5 Å². The van der Waals surface area contributed by atoms with Crippen molar-refractivity contribution in [3.05, 3.63) is 83.4 Å². The fourth-order valence-electron chi connectivity index (χ4n) is 2.67. The van der Waals surface area contributed by atoms with Crippen LogP contribution in [-0.2, 0) is 0 Å². The Balaban J connectivity index is 1.92. The average Bonchev–Trinajstić information content (AvgIpc) is 2.67. The van der Waals surface area contributed by atoms with Crippen LogP contribution in [0.4, 0.5) is 0 Å². The molecule has 3 aromatic carbocycles. The van der Waals surface area contributed by atoms with Gasteiger partial charge in [-0.15, -0.1) is 0 Å². The van der Waals surface area contributed by atoms with E-state index >= 15 is 0 Å². The van der Waals surface area contributed by atoms with E-state index in [0.29, 0.717) is 18.0 Å². The van der Waals surface area contributed by atoms with Gasteiger partial charge in [-0.2, -0.15) is 0 Å². The van der Waals surface area contributed by atoms with E-state index in [1.165, 1.54) is 5.56 Å². The molecule has 0 radical (unpaired) electrons. The second-order valence-corrected chi connectivity index (χ2v) is 6.61. The van der Waals surface area contributed by atoms with Crippen molar-refractivity contribution < 1.29 is 14.6 Å². The van der Waals surface area contributed by atoms with Gasteiger partial charge in [-0.1, -0.05) is 41.5 Å². The van der Waals surface area contributed by atoms with E-state index in [0.717, 1.165) is 22.6 Å². The highest BCUT2D eigenvalue weighted by Gasteiger charge is 2.14. The van der Waals surface area contributed by atoms with Crippen molar-refractivity contribution in [1.82, 2.24) is 5.32 Å². The third-order valence-electron chi connectivity index (χ3n) is 4.25. The molecule has 0 bridgehead atoms. The Morgan fingerprint density at radius 2 is 1.30 bits per heavy atom. The third-order valence-corrected chi connectivity index (χ3v) is 4.25. The molecule has 0 saturated carbocycles. The fraction of sp³-hybridized carbons (Fsp3) is 0.217. The molecule has 0 saturated heterocycles. The number of likely N-dealkylation sites (N-methyl/N-ethyl adjacent to an activating group) is 1. The lowest BCUT2D eigenvalue weighted by Crippen LogP contribution is -2.16. The summed E-state index contributed by atoms with van der Waals surface area (Å²) in [5, 5.41) is 13.3. The van der Waals surface area contributed by atoms with Crippen molar-refractivity contribution in [1.29, 1.82) is 0 Å². The van der Waals surface area contributed by atoms with Crippen LogP contribution in [0.2, 0.25) is 0 Å². The first-order valence-electron chi connectivity index (χ1n) is 9.01. The van der Waals surface area contributed by atoms with Crippen LogP contribution in [-0.4, -0.2) is 18.7 Å². The molecule has 4 nitrogen and oxygen atoms in total. The van der Waals surface area contributed by atoms with Gasteiger partial charge in [0.2, 0.25) is 0 Å². The highest BCUT2D eigenvalue weighted by atomic mass is 16.5. The minimum absolute atomic E-state index is 0.460. The minimum Gasteiger partial charge on any atom is -0.453 e. The Morgan fingerprint density at radius 1 is 0.778 bits per heavy atom. The van der Waals surface area contributed by atoms with Gasteiger partial charge in [-0.25, -0.2) is 0 Å². The van der Waals surface area contributed by atoms with Gasteiger partial charge in [0, 0.05) is 6.54 Å². The summed E-state index contributed by atoms with van der Waals surface area (Å²) in [5.41, 5.74) is 3.10. The number of nitrogens with one attached hydrogen (secondary N) is 1. The molecule has 1 unspecified atom stereocenters. The number of rotatable bonds is 7. The number of hydrogen-bond donors (Lipinski definition) is 2. The van der Waals surface area contributed by atoms with E-state index in [9.17, 15) is 5.11 Å². The van der Waals surface area contributed by atoms with E-state index in [1.54, 1.807) is 0 Å². The van der Waals surface area contributed by atoms with Crippen LogP contribution < -0.4 is 14.8 Å². The normalized spacial score (nSPS) is 11.9. The maximum absolute atomic E-state index is 10.3. The lowest BCUT2D eigenvalue weighted by atomic mass is 10.1. The van der Waals surface area contributed by atoms with Gasteiger partial charge in [-0.05, 0) is 62.9 Å². The number of aryl methyl sites for hydroxylation is 2. The van der Waals surface area contributed by atoms with Gasteiger partial charge in [0.05, 0.1) is 6.10 Å². The summed E-state index contributed by atoms with van der Waals surface area (Å²) >= 11 is 0. The average molecular weight is 363 g/mol. The molecule has 0 fully saturated rings. The molecule has 3 rings (SSSR count). The summed E-state index contributed by atoms with van der Waals surface area (Å²) in [6.45, 7) is 4.53. The first kappa shape index (κ1) is 19.0. The molecule has 2 N–H and O–H groups in total. The number of benzene rings is 3. The van der Waals surface area contributed by atoms with Crippen molar-refractivity contribution in [3.8, 4) is 23.0 Å². The molecule has 1 atom stereocenters. The first-order valence-corrected chi connectivity index (χ1v) is 9.01. The van der Waals surface area contributed by atoms with Gasteiger partial charge in [0.25, 0.3) is 0 Å². The van der Waals surface area contributed by atoms with E-state index in [1.807, 2.05) is 87.6 Å². The van der Waals surface area contributed by atoms with Gasteiger partial charge >= 0.3 is 0 Å². The molecular weight excluding hydrogens is 338 g/mol. The Kier molecular flexibility index (Phi) is 6.12. The zero-order valence-electron chi connectivity index (χ0n) is 15.9. The Morgan fingerprint density at radius 3 is 1.81 bits per heavy atom. The lowest BCUT2D eigenvalue weighted by molar-refractivity contribution is 0.177. The van der Waals surface area contributed by atoms with E-state index in [2.05, 4.69) is 5.32 Å². The third kappa shape index (κ3) is 5.09. The zero-order valence-corrected chi connectivity index (χ0v) is 15.9. The molecule has 0 aromatic heterocycles. The predicted octanol–water partition coefficient (Wildman–Crippen LogP) is 5.14. The summed E-state index contributed by atoms with van der Waals surface area (Å²) in [4.78, 5) is 0.